The Morgan fingerprint density at radius 3 is 2.57 bits per heavy atom. The number of aryl methyl sites for hydroxylation is 1. The maximum absolute atomic E-state index is 12.3. The fraction of sp³-hybridized carbons (Fsp3) is 0.312. The minimum absolute atomic E-state index is 0.0566. The molecule has 2 aromatic rings. The van der Waals surface area contributed by atoms with Crippen LogP contribution in [0.5, 0.6) is 0 Å². The molecule has 1 aliphatic heterocycles. The van der Waals surface area contributed by atoms with Crippen LogP contribution in [-0.4, -0.2) is 35.7 Å². The van der Waals surface area contributed by atoms with Gasteiger partial charge in [0, 0.05) is 24.7 Å². The zero-order valence-electron chi connectivity index (χ0n) is 12.9. The molecule has 23 heavy (non-hydrogen) atoms. The summed E-state index contributed by atoms with van der Waals surface area (Å²) in [4.78, 5) is 15.5. The third-order valence-corrected chi connectivity index (χ3v) is 5.07. The molecule has 0 aromatic carbocycles. The van der Waals surface area contributed by atoms with Gasteiger partial charge in [-0.1, -0.05) is 0 Å². The van der Waals surface area contributed by atoms with Crippen molar-refractivity contribution < 1.29 is 8.42 Å². The molecular formula is C16H16N4O2S. The van der Waals surface area contributed by atoms with E-state index < -0.39 is 9.84 Å². The van der Waals surface area contributed by atoms with Gasteiger partial charge in [-0.2, -0.15) is 0 Å². The van der Waals surface area contributed by atoms with Crippen molar-refractivity contribution in [3.05, 3.63) is 41.7 Å². The molecule has 1 saturated carbocycles. The maximum Gasteiger partial charge on any atom is 0.193 e. The van der Waals surface area contributed by atoms with Crippen molar-refractivity contribution in [3.8, 4) is 0 Å². The largest absolute Gasteiger partial charge is 0.306 e. The Hall–Kier alpha value is -2.28. The minimum atomic E-state index is -3.50. The van der Waals surface area contributed by atoms with E-state index in [0.29, 0.717) is 28.9 Å². The lowest BCUT2D eigenvalue weighted by Gasteiger charge is -2.24. The summed E-state index contributed by atoms with van der Waals surface area (Å²) < 4.78 is 24.6. The summed E-state index contributed by atoms with van der Waals surface area (Å²) >= 11 is 0. The number of pyridine rings is 2. The van der Waals surface area contributed by atoms with Gasteiger partial charge in [-0.25, -0.2) is 23.4 Å². The number of rotatable bonds is 1. The number of aromatic nitrogens is 2. The van der Waals surface area contributed by atoms with E-state index in [2.05, 4.69) is 15.0 Å². The van der Waals surface area contributed by atoms with Gasteiger partial charge in [0.25, 0.3) is 0 Å². The molecule has 118 valence electrons. The molecule has 1 aliphatic carbocycles. The van der Waals surface area contributed by atoms with Crippen LogP contribution >= 0.6 is 0 Å². The first-order valence-corrected chi connectivity index (χ1v) is 9.35. The standard InChI is InChI=1S/C16H16N4O2S/c1-10-7-9-18-15-13(10)19-16(23(2,21)22)12-4-3-8-17-14(12)20(15)11-5-6-11/h3-4,7-9,11H,5-6H2,1-2H3. The smallest absolute Gasteiger partial charge is 0.193 e. The highest BCUT2D eigenvalue weighted by molar-refractivity contribution is 8.06. The SMILES string of the molecule is Cc1ccnc2c1N=C(S(C)(=O)=O)c1cccnc1N2C1CC1. The first-order valence-electron chi connectivity index (χ1n) is 7.46. The van der Waals surface area contributed by atoms with Crippen molar-refractivity contribution in [3.63, 3.8) is 0 Å². The molecule has 7 heteroatoms. The van der Waals surface area contributed by atoms with Crippen molar-refractivity contribution in [1.29, 1.82) is 0 Å². The van der Waals surface area contributed by atoms with Gasteiger partial charge in [-0.15, -0.1) is 0 Å². The van der Waals surface area contributed by atoms with Crippen molar-refractivity contribution in [1.82, 2.24) is 9.97 Å². The fourth-order valence-corrected chi connectivity index (χ4v) is 3.65. The fourth-order valence-electron chi connectivity index (χ4n) is 2.83. The Morgan fingerprint density at radius 1 is 1.13 bits per heavy atom. The third-order valence-electron chi connectivity index (χ3n) is 4.06. The second-order valence-corrected chi connectivity index (χ2v) is 7.90. The topological polar surface area (TPSA) is 75.5 Å². The average Bonchev–Trinajstić information content (AvgIpc) is 3.31. The van der Waals surface area contributed by atoms with E-state index >= 15 is 0 Å². The first-order chi connectivity index (χ1) is 11.0. The molecule has 0 N–H and O–H groups in total. The van der Waals surface area contributed by atoms with Gasteiger partial charge in [0.2, 0.25) is 0 Å². The molecule has 0 unspecified atom stereocenters. The number of hydrogen-bond donors (Lipinski definition) is 0. The Morgan fingerprint density at radius 2 is 1.87 bits per heavy atom. The predicted octanol–water partition coefficient (Wildman–Crippen LogP) is 2.52. The minimum Gasteiger partial charge on any atom is -0.306 e. The van der Waals surface area contributed by atoms with Crippen molar-refractivity contribution in [2.75, 3.05) is 11.2 Å². The molecule has 2 aliphatic rings. The molecule has 6 nitrogen and oxygen atoms in total. The molecule has 1 fully saturated rings. The Bertz CT molecular complexity index is 933. The van der Waals surface area contributed by atoms with Crippen molar-refractivity contribution in [2.24, 2.45) is 4.99 Å². The van der Waals surface area contributed by atoms with Gasteiger partial charge < -0.3 is 4.90 Å². The molecule has 4 rings (SSSR count). The van der Waals surface area contributed by atoms with E-state index in [-0.39, 0.29) is 5.04 Å². The van der Waals surface area contributed by atoms with Crippen LogP contribution in [0.1, 0.15) is 24.0 Å². The molecule has 0 bridgehead atoms. The molecule has 0 radical (unpaired) electrons. The highest BCUT2D eigenvalue weighted by atomic mass is 32.2. The van der Waals surface area contributed by atoms with E-state index in [4.69, 9.17) is 0 Å². The predicted molar refractivity (Wildman–Crippen MR) is 89.4 cm³/mol. The van der Waals surface area contributed by atoms with Crippen LogP contribution in [0.25, 0.3) is 0 Å². The Kier molecular flexibility index (Phi) is 3.02. The summed E-state index contributed by atoms with van der Waals surface area (Å²) in [5.74, 6) is 1.31. The summed E-state index contributed by atoms with van der Waals surface area (Å²) in [6.45, 7) is 1.92. The van der Waals surface area contributed by atoms with E-state index in [0.717, 1.165) is 18.4 Å². The summed E-state index contributed by atoms with van der Waals surface area (Å²) in [5.41, 5.74) is 2.05. The first kappa shape index (κ1) is 14.3. The number of aliphatic imine (C=N–C) groups is 1. The van der Waals surface area contributed by atoms with E-state index in [1.165, 1.54) is 6.26 Å². The number of sulfone groups is 1. The summed E-state index contributed by atoms with van der Waals surface area (Å²) in [5, 5.41) is 0.0566. The molecule has 2 aromatic heterocycles. The van der Waals surface area contributed by atoms with Gasteiger partial charge in [-0.05, 0) is 43.5 Å². The van der Waals surface area contributed by atoms with Crippen LogP contribution < -0.4 is 4.90 Å². The zero-order chi connectivity index (χ0) is 16.2. The summed E-state index contributed by atoms with van der Waals surface area (Å²) in [7, 11) is -3.50. The Labute approximate surface area is 134 Å². The second kappa shape index (κ2) is 4.86. The van der Waals surface area contributed by atoms with Crippen molar-refractivity contribution in [2.45, 2.75) is 25.8 Å². The normalized spacial score (nSPS) is 17.1. The van der Waals surface area contributed by atoms with Gasteiger partial charge in [-0.3, -0.25) is 0 Å². The lowest BCUT2D eigenvalue weighted by molar-refractivity contribution is 0.612. The number of fused-ring (bicyclic) bond motifs is 2. The van der Waals surface area contributed by atoms with Crippen LogP contribution in [0.2, 0.25) is 0 Å². The molecular weight excluding hydrogens is 312 g/mol. The molecule has 3 heterocycles. The van der Waals surface area contributed by atoms with Crippen LogP contribution in [0.3, 0.4) is 0 Å². The molecule has 0 saturated heterocycles. The van der Waals surface area contributed by atoms with Crippen LogP contribution in [0.15, 0.2) is 35.6 Å². The van der Waals surface area contributed by atoms with Gasteiger partial charge in [0.05, 0.1) is 5.56 Å². The number of anilines is 2. The third kappa shape index (κ3) is 2.31. The zero-order valence-corrected chi connectivity index (χ0v) is 13.7. The summed E-state index contributed by atoms with van der Waals surface area (Å²) in [6.07, 6.45) is 6.67. The number of nitrogens with zero attached hydrogens (tertiary/aromatic N) is 4. The highest BCUT2D eigenvalue weighted by Crippen LogP contribution is 2.45. The van der Waals surface area contributed by atoms with E-state index in [9.17, 15) is 8.42 Å². The molecule has 0 amide bonds. The highest BCUT2D eigenvalue weighted by Gasteiger charge is 2.38. The van der Waals surface area contributed by atoms with Gasteiger partial charge in [0.1, 0.15) is 11.5 Å². The average molecular weight is 328 g/mol. The second-order valence-electron chi connectivity index (χ2n) is 5.96. The van der Waals surface area contributed by atoms with Crippen molar-refractivity contribution >= 4 is 32.2 Å². The van der Waals surface area contributed by atoms with Crippen LogP contribution in [-0.2, 0) is 9.84 Å². The molecule has 0 atom stereocenters. The number of hydrogen-bond acceptors (Lipinski definition) is 6. The Balaban J connectivity index is 2.11. The van der Waals surface area contributed by atoms with Crippen LogP contribution in [0.4, 0.5) is 17.3 Å². The lowest BCUT2D eigenvalue weighted by Crippen LogP contribution is -2.24. The summed E-state index contributed by atoms with van der Waals surface area (Å²) in [6, 6.07) is 5.64. The van der Waals surface area contributed by atoms with E-state index in [1.807, 2.05) is 17.9 Å². The monoisotopic (exact) mass is 328 g/mol. The van der Waals surface area contributed by atoms with Gasteiger partial charge >= 0.3 is 0 Å². The quantitative estimate of drug-likeness (QED) is 0.804. The molecule has 0 spiro atoms. The lowest BCUT2D eigenvalue weighted by atomic mass is 10.2. The van der Waals surface area contributed by atoms with E-state index in [1.54, 1.807) is 24.5 Å². The maximum atomic E-state index is 12.3. The van der Waals surface area contributed by atoms with Crippen LogP contribution in [0, 0.1) is 6.92 Å². The van der Waals surface area contributed by atoms with Gasteiger partial charge in [0.15, 0.2) is 20.7 Å².